The predicted octanol–water partition coefficient (Wildman–Crippen LogP) is 1.96. The number of hydrogen-bond donors (Lipinski definition) is 1. The van der Waals surface area contributed by atoms with Crippen LogP contribution in [0.2, 0.25) is 0 Å². The van der Waals surface area contributed by atoms with Crippen LogP contribution in [0, 0.1) is 12.7 Å². The van der Waals surface area contributed by atoms with Crippen LogP contribution in [0.5, 0.6) is 0 Å². The summed E-state index contributed by atoms with van der Waals surface area (Å²) in [5.74, 6) is -0.267. The Labute approximate surface area is 107 Å². The van der Waals surface area contributed by atoms with E-state index in [-0.39, 0.29) is 11.7 Å². The van der Waals surface area contributed by atoms with Gasteiger partial charge < -0.3 is 10.2 Å². The van der Waals surface area contributed by atoms with E-state index in [1.807, 2.05) is 11.9 Å². The van der Waals surface area contributed by atoms with E-state index in [2.05, 4.69) is 5.32 Å². The fraction of sp³-hybridized carbons (Fsp3) is 0.500. The summed E-state index contributed by atoms with van der Waals surface area (Å²) < 4.78 is 13.2. The van der Waals surface area contributed by atoms with Gasteiger partial charge in [0.05, 0.1) is 0 Å². The van der Waals surface area contributed by atoms with Gasteiger partial charge in [0.2, 0.25) is 0 Å². The Balaban J connectivity index is 2.12. The van der Waals surface area contributed by atoms with Crippen LogP contribution in [0.25, 0.3) is 0 Å². The van der Waals surface area contributed by atoms with Gasteiger partial charge in [0, 0.05) is 24.7 Å². The number of likely N-dealkylation sites (tertiary alicyclic amines) is 1. The van der Waals surface area contributed by atoms with Gasteiger partial charge in [-0.05, 0) is 50.6 Å². The number of halogens is 1. The van der Waals surface area contributed by atoms with Gasteiger partial charge >= 0.3 is 0 Å². The fourth-order valence-corrected chi connectivity index (χ4v) is 2.36. The molecule has 1 unspecified atom stereocenters. The average Bonchev–Trinajstić information content (AvgIpc) is 2.41. The van der Waals surface area contributed by atoms with Gasteiger partial charge in [0.25, 0.3) is 5.91 Å². The van der Waals surface area contributed by atoms with Gasteiger partial charge in [-0.3, -0.25) is 4.79 Å². The summed E-state index contributed by atoms with van der Waals surface area (Å²) in [5.41, 5.74) is 1.09. The van der Waals surface area contributed by atoms with Crippen molar-refractivity contribution < 1.29 is 9.18 Å². The number of likely N-dealkylation sites (N-methyl/N-ethyl adjacent to an activating group) is 1. The summed E-state index contributed by atoms with van der Waals surface area (Å²) in [5, 5.41) is 3.21. The van der Waals surface area contributed by atoms with Crippen LogP contribution in [0.15, 0.2) is 18.2 Å². The summed E-state index contributed by atoms with van der Waals surface area (Å²) in [6.07, 6.45) is 2.11. The van der Waals surface area contributed by atoms with Crippen molar-refractivity contribution in [2.24, 2.45) is 0 Å². The number of aryl methyl sites for hydroxylation is 1. The highest BCUT2D eigenvalue weighted by molar-refractivity contribution is 5.94. The normalized spacial score (nSPS) is 19.9. The fourth-order valence-electron chi connectivity index (χ4n) is 2.36. The minimum absolute atomic E-state index is 0.00181. The lowest BCUT2D eigenvalue weighted by Crippen LogP contribution is -2.46. The van der Waals surface area contributed by atoms with Crippen LogP contribution < -0.4 is 5.32 Å². The molecule has 4 heteroatoms. The monoisotopic (exact) mass is 250 g/mol. The van der Waals surface area contributed by atoms with E-state index < -0.39 is 0 Å². The molecule has 0 aromatic heterocycles. The molecule has 98 valence electrons. The summed E-state index contributed by atoms with van der Waals surface area (Å²) in [6, 6.07) is 4.92. The van der Waals surface area contributed by atoms with Crippen molar-refractivity contribution in [1.82, 2.24) is 10.2 Å². The quantitative estimate of drug-likeness (QED) is 0.870. The van der Waals surface area contributed by atoms with E-state index in [4.69, 9.17) is 0 Å². The van der Waals surface area contributed by atoms with Gasteiger partial charge in [-0.1, -0.05) is 0 Å². The van der Waals surface area contributed by atoms with Crippen LogP contribution in [-0.2, 0) is 0 Å². The SMILES string of the molecule is CNC1CCCN(C(=O)c2ccc(F)c(C)c2)C1. The van der Waals surface area contributed by atoms with Gasteiger partial charge in [-0.15, -0.1) is 0 Å². The van der Waals surface area contributed by atoms with Crippen molar-refractivity contribution in [2.45, 2.75) is 25.8 Å². The third-order valence-electron chi connectivity index (χ3n) is 3.52. The molecule has 18 heavy (non-hydrogen) atoms. The molecule has 3 nitrogen and oxygen atoms in total. The topological polar surface area (TPSA) is 32.3 Å². The number of nitrogens with one attached hydrogen (secondary N) is 1. The molecule has 1 aromatic carbocycles. The number of hydrogen-bond acceptors (Lipinski definition) is 2. The second kappa shape index (κ2) is 5.48. The number of piperidine rings is 1. The van der Waals surface area contributed by atoms with Crippen LogP contribution >= 0.6 is 0 Å². The molecule has 1 aliphatic rings. The maximum absolute atomic E-state index is 13.2. The first kappa shape index (κ1) is 13.0. The van der Waals surface area contributed by atoms with Crippen LogP contribution in [0.1, 0.15) is 28.8 Å². The zero-order valence-corrected chi connectivity index (χ0v) is 10.9. The zero-order valence-electron chi connectivity index (χ0n) is 10.9. The van der Waals surface area contributed by atoms with Crippen LogP contribution in [-0.4, -0.2) is 37.0 Å². The highest BCUT2D eigenvalue weighted by atomic mass is 19.1. The van der Waals surface area contributed by atoms with Crippen molar-refractivity contribution in [1.29, 1.82) is 0 Å². The molecular weight excluding hydrogens is 231 g/mol. The standard InChI is InChI=1S/C14H19FN2O/c1-10-8-11(5-6-13(10)15)14(18)17-7-3-4-12(9-17)16-2/h5-6,8,12,16H,3-4,7,9H2,1-2H3. The average molecular weight is 250 g/mol. The van der Waals surface area contributed by atoms with E-state index in [1.165, 1.54) is 6.07 Å². The summed E-state index contributed by atoms with van der Waals surface area (Å²) >= 11 is 0. The highest BCUT2D eigenvalue weighted by Crippen LogP contribution is 2.16. The Morgan fingerprint density at radius 2 is 2.28 bits per heavy atom. The molecule has 1 heterocycles. The first-order valence-corrected chi connectivity index (χ1v) is 6.34. The van der Waals surface area contributed by atoms with E-state index >= 15 is 0 Å². The van der Waals surface area contributed by atoms with Gasteiger partial charge in [-0.2, -0.15) is 0 Å². The minimum atomic E-state index is -0.265. The first-order chi connectivity index (χ1) is 8.61. The molecular formula is C14H19FN2O. The molecule has 1 amide bonds. The largest absolute Gasteiger partial charge is 0.337 e. The van der Waals surface area contributed by atoms with Crippen molar-refractivity contribution in [3.8, 4) is 0 Å². The minimum Gasteiger partial charge on any atom is -0.337 e. The van der Waals surface area contributed by atoms with Crippen molar-refractivity contribution in [3.63, 3.8) is 0 Å². The number of amides is 1. The maximum Gasteiger partial charge on any atom is 0.253 e. The van der Waals surface area contributed by atoms with Crippen molar-refractivity contribution in [3.05, 3.63) is 35.1 Å². The Kier molecular flexibility index (Phi) is 3.97. The number of rotatable bonds is 2. The van der Waals surface area contributed by atoms with E-state index in [1.54, 1.807) is 19.1 Å². The maximum atomic E-state index is 13.2. The Hall–Kier alpha value is -1.42. The molecule has 1 aromatic rings. The third-order valence-corrected chi connectivity index (χ3v) is 3.52. The van der Waals surface area contributed by atoms with E-state index in [9.17, 15) is 9.18 Å². The molecule has 1 atom stereocenters. The number of carbonyl (C=O) groups is 1. The summed E-state index contributed by atoms with van der Waals surface area (Å²) in [7, 11) is 1.92. The molecule has 1 fully saturated rings. The summed E-state index contributed by atoms with van der Waals surface area (Å²) in [6.45, 7) is 3.19. The molecule has 0 bridgehead atoms. The molecule has 0 aliphatic carbocycles. The molecule has 2 rings (SSSR count). The smallest absolute Gasteiger partial charge is 0.253 e. The second-order valence-corrected chi connectivity index (χ2v) is 4.84. The van der Waals surface area contributed by atoms with Crippen LogP contribution in [0.4, 0.5) is 4.39 Å². The highest BCUT2D eigenvalue weighted by Gasteiger charge is 2.23. The first-order valence-electron chi connectivity index (χ1n) is 6.34. The molecule has 1 saturated heterocycles. The van der Waals surface area contributed by atoms with Crippen molar-refractivity contribution in [2.75, 3.05) is 20.1 Å². The third kappa shape index (κ3) is 2.70. The Morgan fingerprint density at radius 3 is 2.94 bits per heavy atom. The molecule has 0 spiro atoms. The van der Waals surface area contributed by atoms with Crippen LogP contribution in [0.3, 0.4) is 0 Å². The molecule has 0 saturated carbocycles. The lowest BCUT2D eigenvalue weighted by Gasteiger charge is -2.32. The molecule has 0 radical (unpaired) electrons. The molecule has 1 aliphatic heterocycles. The lowest BCUT2D eigenvalue weighted by atomic mass is 10.0. The summed E-state index contributed by atoms with van der Waals surface area (Å²) in [4.78, 5) is 14.1. The van der Waals surface area contributed by atoms with Gasteiger partial charge in [-0.25, -0.2) is 4.39 Å². The van der Waals surface area contributed by atoms with Gasteiger partial charge in [0.1, 0.15) is 5.82 Å². The number of carbonyl (C=O) groups excluding carboxylic acids is 1. The molecule has 1 N–H and O–H groups in total. The number of benzene rings is 1. The van der Waals surface area contributed by atoms with E-state index in [0.717, 1.165) is 25.9 Å². The lowest BCUT2D eigenvalue weighted by molar-refractivity contribution is 0.0698. The Bertz CT molecular complexity index is 447. The zero-order chi connectivity index (χ0) is 13.1. The van der Waals surface area contributed by atoms with Crippen molar-refractivity contribution >= 4 is 5.91 Å². The van der Waals surface area contributed by atoms with Gasteiger partial charge in [0.15, 0.2) is 0 Å². The second-order valence-electron chi connectivity index (χ2n) is 4.84. The Morgan fingerprint density at radius 1 is 1.50 bits per heavy atom. The number of nitrogens with zero attached hydrogens (tertiary/aromatic N) is 1. The van der Waals surface area contributed by atoms with E-state index in [0.29, 0.717) is 17.2 Å². The predicted molar refractivity (Wildman–Crippen MR) is 69.1 cm³/mol.